The maximum absolute atomic E-state index is 13.7. The number of methoxy groups -OCH3 is 3. The summed E-state index contributed by atoms with van der Waals surface area (Å²) in [7, 11) is -0.0748. The number of hydrogen-bond acceptors (Lipinski definition) is 6. The zero-order chi connectivity index (χ0) is 21.7. The number of carbonyl (C=O) groups excluding carboxylic acids is 1. The minimum atomic E-state index is -4.36. The summed E-state index contributed by atoms with van der Waals surface area (Å²) in [5.74, 6) is 0.235. The lowest BCUT2D eigenvalue weighted by Gasteiger charge is -2.24. The van der Waals surface area contributed by atoms with Crippen molar-refractivity contribution in [3.63, 3.8) is 0 Å². The van der Waals surface area contributed by atoms with Crippen molar-refractivity contribution >= 4 is 21.6 Å². The molecule has 0 bridgehead atoms. The summed E-state index contributed by atoms with van der Waals surface area (Å²) in [6.07, 6.45) is 0. The summed E-state index contributed by atoms with van der Waals surface area (Å²) in [4.78, 5) is 13.1. The molecule has 0 aliphatic carbocycles. The summed E-state index contributed by atoms with van der Waals surface area (Å²) in [6, 6.07) is 18.7. The Balaban J connectivity index is 2.22. The maximum atomic E-state index is 13.7. The molecule has 3 aromatic carbocycles. The Hall–Kier alpha value is -3.52. The van der Waals surface area contributed by atoms with Crippen LogP contribution in [0.5, 0.6) is 17.2 Å². The Morgan fingerprint density at radius 3 is 1.93 bits per heavy atom. The molecule has 0 aliphatic rings. The molecule has 0 atom stereocenters. The number of sulfonamides is 1. The largest absolute Gasteiger partial charge is 0.497 e. The third-order valence-electron chi connectivity index (χ3n) is 4.40. The van der Waals surface area contributed by atoms with Crippen LogP contribution in [0.15, 0.2) is 77.7 Å². The minimum Gasteiger partial charge on any atom is -0.497 e. The van der Waals surface area contributed by atoms with E-state index in [9.17, 15) is 13.2 Å². The third kappa shape index (κ3) is 4.08. The Bertz CT molecular complexity index is 1130. The van der Waals surface area contributed by atoms with Gasteiger partial charge in [0.15, 0.2) is 0 Å². The molecule has 0 N–H and O–H groups in total. The van der Waals surface area contributed by atoms with Gasteiger partial charge in [0.25, 0.3) is 15.9 Å². The highest BCUT2D eigenvalue weighted by Gasteiger charge is 2.34. The molecule has 3 aromatic rings. The normalized spacial score (nSPS) is 10.9. The lowest BCUT2D eigenvalue weighted by molar-refractivity contribution is 0.101. The first-order chi connectivity index (χ1) is 14.4. The summed E-state index contributed by atoms with van der Waals surface area (Å²) in [6.45, 7) is 0. The predicted octanol–water partition coefficient (Wildman–Crippen LogP) is 3.75. The predicted molar refractivity (Wildman–Crippen MR) is 113 cm³/mol. The van der Waals surface area contributed by atoms with Crippen molar-refractivity contribution in [3.05, 3.63) is 78.4 Å². The molecule has 0 aromatic heterocycles. The second-order valence-electron chi connectivity index (χ2n) is 6.16. The second-order valence-corrected chi connectivity index (χ2v) is 7.91. The Morgan fingerprint density at radius 1 is 0.767 bits per heavy atom. The average Bonchev–Trinajstić information content (AvgIpc) is 2.79. The summed E-state index contributed by atoms with van der Waals surface area (Å²) in [5.41, 5.74) is 0.383. The third-order valence-corrected chi connectivity index (χ3v) is 6.13. The molecule has 0 fully saturated rings. The molecule has 0 saturated heterocycles. The first-order valence-corrected chi connectivity index (χ1v) is 10.4. The molecular weight excluding hydrogens is 406 g/mol. The van der Waals surface area contributed by atoms with Crippen molar-refractivity contribution in [1.82, 2.24) is 0 Å². The van der Waals surface area contributed by atoms with Crippen LogP contribution in [-0.2, 0) is 10.0 Å². The molecule has 0 unspecified atom stereocenters. The zero-order valence-electron chi connectivity index (χ0n) is 16.7. The van der Waals surface area contributed by atoms with Gasteiger partial charge in [-0.25, -0.2) is 8.42 Å². The van der Waals surface area contributed by atoms with Crippen LogP contribution in [0.3, 0.4) is 0 Å². The second kappa shape index (κ2) is 8.87. The van der Waals surface area contributed by atoms with Crippen LogP contribution in [0.1, 0.15) is 10.4 Å². The van der Waals surface area contributed by atoms with E-state index in [1.165, 1.54) is 45.6 Å². The quantitative estimate of drug-likeness (QED) is 0.571. The van der Waals surface area contributed by atoms with Crippen LogP contribution < -0.4 is 18.5 Å². The Morgan fingerprint density at radius 2 is 1.37 bits per heavy atom. The average molecular weight is 427 g/mol. The fourth-order valence-corrected chi connectivity index (χ4v) is 4.46. The maximum Gasteiger partial charge on any atom is 0.275 e. The van der Waals surface area contributed by atoms with Crippen LogP contribution in [0.4, 0.5) is 5.69 Å². The van der Waals surface area contributed by atoms with E-state index in [0.29, 0.717) is 11.5 Å². The lowest BCUT2D eigenvalue weighted by atomic mass is 10.2. The number of carbonyl (C=O) groups is 1. The highest BCUT2D eigenvalue weighted by molar-refractivity contribution is 7.93. The van der Waals surface area contributed by atoms with Gasteiger partial charge in [0.1, 0.15) is 22.1 Å². The Labute approximate surface area is 175 Å². The molecule has 7 nitrogen and oxygen atoms in total. The topological polar surface area (TPSA) is 82.1 Å². The van der Waals surface area contributed by atoms with E-state index in [4.69, 9.17) is 14.2 Å². The van der Waals surface area contributed by atoms with E-state index in [1.807, 2.05) is 0 Å². The number of ether oxygens (including phenoxy) is 3. The molecule has 0 radical (unpaired) electrons. The fraction of sp³-hybridized carbons (Fsp3) is 0.136. The van der Waals surface area contributed by atoms with E-state index in [2.05, 4.69) is 0 Å². The van der Waals surface area contributed by atoms with Gasteiger partial charge in [-0.2, -0.15) is 4.31 Å². The molecule has 0 spiro atoms. The molecule has 156 valence electrons. The minimum absolute atomic E-state index is 0.0928. The number of amides is 1. The van der Waals surface area contributed by atoms with Gasteiger partial charge >= 0.3 is 0 Å². The van der Waals surface area contributed by atoms with Crippen molar-refractivity contribution in [2.24, 2.45) is 0 Å². The molecule has 8 heteroatoms. The number of anilines is 1. The van der Waals surface area contributed by atoms with E-state index < -0.39 is 15.9 Å². The molecule has 1 amide bonds. The van der Waals surface area contributed by atoms with Crippen molar-refractivity contribution in [1.29, 1.82) is 0 Å². The van der Waals surface area contributed by atoms with Gasteiger partial charge in [0.05, 0.1) is 27.0 Å². The van der Waals surface area contributed by atoms with Crippen LogP contribution in [0, 0.1) is 0 Å². The first-order valence-electron chi connectivity index (χ1n) is 8.93. The van der Waals surface area contributed by atoms with Crippen molar-refractivity contribution in [3.8, 4) is 17.2 Å². The van der Waals surface area contributed by atoms with Crippen molar-refractivity contribution in [2.75, 3.05) is 25.6 Å². The van der Waals surface area contributed by atoms with Gasteiger partial charge < -0.3 is 14.2 Å². The monoisotopic (exact) mass is 427 g/mol. The van der Waals surface area contributed by atoms with Gasteiger partial charge in [-0.1, -0.05) is 18.2 Å². The number of hydrogen-bond donors (Lipinski definition) is 0. The van der Waals surface area contributed by atoms with Gasteiger partial charge in [-0.3, -0.25) is 4.79 Å². The highest BCUT2D eigenvalue weighted by Crippen LogP contribution is 2.34. The first kappa shape index (κ1) is 21.2. The lowest BCUT2D eigenvalue weighted by Crippen LogP contribution is -2.37. The van der Waals surface area contributed by atoms with Crippen molar-refractivity contribution in [2.45, 2.75) is 4.90 Å². The standard InChI is InChI=1S/C22H21NO6S/c1-27-18-11-9-17(10-12-18)23(22(24)16-7-5-4-6-8-16)30(25,26)21-15-19(28-2)13-14-20(21)29-3/h4-15H,1-3H3. The number of rotatable bonds is 7. The molecule has 0 aliphatic heterocycles. The number of nitrogens with zero attached hydrogens (tertiary/aromatic N) is 1. The number of benzene rings is 3. The van der Waals surface area contributed by atoms with Gasteiger partial charge in [0, 0.05) is 11.6 Å². The SMILES string of the molecule is COc1ccc(N(C(=O)c2ccccc2)S(=O)(=O)c2cc(OC)ccc2OC)cc1. The van der Waals surface area contributed by atoms with E-state index in [1.54, 1.807) is 48.5 Å². The van der Waals surface area contributed by atoms with E-state index in [0.717, 1.165) is 4.31 Å². The molecule has 0 heterocycles. The fourth-order valence-electron chi connectivity index (χ4n) is 2.86. The Kier molecular flexibility index (Phi) is 6.27. The zero-order valence-corrected chi connectivity index (χ0v) is 17.5. The van der Waals surface area contributed by atoms with Crippen LogP contribution in [-0.4, -0.2) is 35.7 Å². The molecule has 3 rings (SSSR count). The summed E-state index contributed by atoms with van der Waals surface area (Å²) >= 11 is 0. The van der Waals surface area contributed by atoms with Crippen LogP contribution in [0.2, 0.25) is 0 Å². The molecular formula is C22H21NO6S. The van der Waals surface area contributed by atoms with Gasteiger partial charge in [-0.15, -0.1) is 0 Å². The van der Waals surface area contributed by atoms with Gasteiger partial charge in [-0.05, 0) is 48.5 Å². The molecule has 0 saturated carbocycles. The van der Waals surface area contributed by atoms with E-state index in [-0.39, 0.29) is 21.9 Å². The summed E-state index contributed by atoms with van der Waals surface area (Å²) < 4.78 is 43.7. The summed E-state index contributed by atoms with van der Waals surface area (Å²) in [5, 5.41) is 0. The molecule has 30 heavy (non-hydrogen) atoms. The van der Waals surface area contributed by atoms with Crippen LogP contribution in [0.25, 0.3) is 0 Å². The highest BCUT2D eigenvalue weighted by atomic mass is 32.2. The van der Waals surface area contributed by atoms with Crippen LogP contribution >= 0.6 is 0 Å². The van der Waals surface area contributed by atoms with Crippen molar-refractivity contribution < 1.29 is 27.4 Å². The smallest absolute Gasteiger partial charge is 0.275 e. The van der Waals surface area contributed by atoms with E-state index >= 15 is 0 Å². The van der Waals surface area contributed by atoms with Gasteiger partial charge in [0.2, 0.25) is 0 Å².